The number of aromatic nitrogens is 2. The smallest absolute Gasteiger partial charge is 0.259 e. The second kappa shape index (κ2) is 7.66. The van der Waals surface area contributed by atoms with Crippen LogP contribution in [-0.2, 0) is 13.1 Å². The van der Waals surface area contributed by atoms with Gasteiger partial charge in [-0.25, -0.2) is 17.6 Å². The largest absolute Gasteiger partial charge is 0.306 e. The summed E-state index contributed by atoms with van der Waals surface area (Å²) in [5.74, 6) is -2.77. The van der Waals surface area contributed by atoms with Gasteiger partial charge in [0.1, 0.15) is 23.3 Å². The maximum atomic E-state index is 14.5. The SMILES string of the molecule is O=c1c(-c2cc(F)ccc2F)cc2ccc3cc(-c4cc(F)ccc4F)c(=O)n4c3c2n1CCC4. The lowest BCUT2D eigenvalue weighted by Gasteiger charge is -2.15. The van der Waals surface area contributed by atoms with Gasteiger partial charge >= 0.3 is 0 Å². The Morgan fingerprint density at radius 1 is 0.543 bits per heavy atom. The van der Waals surface area contributed by atoms with Crippen LogP contribution in [0.15, 0.2) is 70.3 Å². The van der Waals surface area contributed by atoms with Crippen LogP contribution in [0.4, 0.5) is 17.6 Å². The van der Waals surface area contributed by atoms with Crippen LogP contribution in [0, 0.1) is 23.3 Å². The summed E-state index contributed by atoms with van der Waals surface area (Å²) in [5.41, 5.74) is -0.293. The predicted molar refractivity (Wildman–Crippen MR) is 125 cm³/mol. The summed E-state index contributed by atoms with van der Waals surface area (Å²) >= 11 is 0. The maximum absolute atomic E-state index is 14.5. The van der Waals surface area contributed by atoms with E-state index in [0.29, 0.717) is 28.2 Å². The van der Waals surface area contributed by atoms with Crippen LogP contribution >= 0.6 is 0 Å². The monoisotopic (exact) mass is 476 g/mol. The van der Waals surface area contributed by atoms with E-state index in [4.69, 9.17) is 0 Å². The second-order valence-electron chi connectivity index (χ2n) is 8.57. The number of rotatable bonds is 2. The zero-order chi connectivity index (χ0) is 24.4. The van der Waals surface area contributed by atoms with Gasteiger partial charge in [-0.15, -0.1) is 0 Å². The van der Waals surface area contributed by atoms with Crippen LogP contribution < -0.4 is 11.1 Å². The van der Waals surface area contributed by atoms with E-state index >= 15 is 0 Å². The van der Waals surface area contributed by atoms with Crippen molar-refractivity contribution in [3.63, 3.8) is 0 Å². The van der Waals surface area contributed by atoms with Crippen molar-refractivity contribution in [2.75, 3.05) is 0 Å². The molecule has 0 saturated heterocycles. The molecule has 174 valence electrons. The molecule has 5 aromatic rings. The molecule has 0 bridgehead atoms. The molecule has 1 aliphatic rings. The summed E-state index contributed by atoms with van der Waals surface area (Å²) in [6.45, 7) is 0.480. The van der Waals surface area contributed by atoms with E-state index in [1.165, 1.54) is 21.3 Å². The first-order valence-corrected chi connectivity index (χ1v) is 11.0. The first-order valence-electron chi connectivity index (χ1n) is 11.0. The molecular weight excluding hydrogens is 460 g/mol. The van der Waals surface area contributed by atoms with Gasteiger partial charge in [0.25, 0.3) is 11.1 Å². The molecule has 6 rings (SSSR count). The minimum atomic E-state index is -0.719. The first-order chi connectivity index (χ1) is 16.8. The van der Waals surface area contributed by atoms with E-state index < -0.39 is 34.4 Å². The molecule has 0 aliphatic carbocycles. The molecule has 0 amide bonds. The Labute approximate surface area is 195 Å². The lowest BCUT2D eigenvalue weighted by atomic mass is 10.0. The summed E-state index contributed by atoms with van der Waals surface area (Å²) in [5, 5.41) is 1.13. The van der Waals surface area contributed by atoms with Crippen molar-refractivity contribution in [3.8, 4) is 22.3 Å². The van der Waals surface area contributed by atoms with Gasteiger partial charge in [-0.2, -0.15) is 0 Å². The lowest BCUT2D eigenvalue weighted by molar-refractivity contribution is 0.579. The predicted octanol–water partition coefficient (Wildman–Crippen LogP) is 5.61. The normalized spacial score (nSPS) is 13.0. The third kappa shape index (κ3) is 3.20. The van der Waals surface area contributed by atoms with E-state index in [9.17, 15) is 27.2 Å². The average Bonchev–Trinajstić information content (AvgIpc) is 3.05. The molecule has 0 N–H and O–H groups in total. The van der Waals surface area contributed by atoms with Crippen LogP contribution in [0.3, 0.4) is 0 Å². The Bertz CT molecular complexity index is 1690. The Morgan fingerprint density at radius 3 is 1.40 bits per heavy atom. The van der Waals surface area contributed by atoms with E-state index in [1.54, 1.807) is 12.1 Å². The molecular formula is C27H16F4N2O2. The summed E-state index contributed by atoms with van der Waals surface area (Å²) in [6, 6.07) is 12.3. The minimum absolute atomic E-state index is 0.0168. The molecule has 0 fully saturated rings. The number of pyridine rings is 2. The summed E-state index contributed by atoms with van der Waals surface area (Å²) in [4.78, 5) is 26.9. The number of benzene rings is 3. The van der Waals surface area contributed by atoms with Crippen LogP contribution in [-0.4, -0.2) is 9.13 Å². The van der Waals surface area contributed by atoms with Crippen molar-refractivity contribution in [1.82, 2.24) is 9.13 Å². The fourth-order valence-electron chi connectivity index (χ4n) is 4.95. The van der Waals surface area contributed by atoms with E-state index in [-0.39, 0.29) is 35.3 Å². The molecule has 0 spiro atoms. The summed E-state index contributed by atoms with van der Waals surface area (Å²) < 4.78 is 59.7. The van der Waals surface area contributed by atoms with Gasteiger partial charge in [-0.1, -0.05) is 12.1 Å². The standard InChI is InChI=1S/C27H16F4N2O2/c28-16-4-6-22(30)18(12-16)20-10-14-2-3-15-11-21(19-13-17(29)5-7-23(19)31)27(35)33-9-1-8-32(26(20)34)24(14)25(15)33/h2-7,10-13H,1,8-9H2. The van der Waals surface area contributed by atoms with Crippen molar-refractivity contribution in [3.05, 3.63) is 105 Å². The van der Waals surface area contributed by atoms with Crippen LogP contribution in [0.5, 0.6) is 0 Å². The minimum Gasteiger partial charge on any atom is -0.306 e. The highest BCUT2D eigenvalue weighted by atomic mass is 19.1. The molecule has 0 radical (unpaired) electrons. The number of halogens is 4. The zero-order valence-electron chi connectivity index (χ0n) is 18.1. The highest BCUT2D eigenvalue weighted by Crippen LogP contribution is 2.32. The second-order valence-corrected chi connectivity index (χ2v) is 8.57. The molecule has 0 saturated carbocycles. The molecule has 0 atom stereocenters. The van der Waals surface area contributed by atoms with Gasteiger partial charge in [0.2, 0.25) is 0 Å². The number of aryl methyl sites for hydroxylation is 2. The third-order valence-electron chi connectivity index (χ3n) is 6.50. The topological polar surface area (TPSA) is 44.0 Å². The Hall–Kier alpha value is -4.20. The molecule has 3 aromatic carbocycles. The molecule has 35 heavy (non-hydrogen) atoms. The highest BCUT2D eigenvalue weighted by Gasteiger charge is 2.22. The van der Waals surface area contributed by atoms with E-state index in [0.717, 1.165) is 36.4 Å². The lowest BCUT2D eigenvalue weighted by Crippen LogP contribution is -2.23. The van der Waals surface area contributed by atoms with Gasteiger partial charge < -0.3 is 9.13 Å². The number of nitrogens with zero attached hydrogens (tertiary/aromatic N) is 2. The summed E-state index contributed by atoms with van der Waals surface area (Å²) in [6.07, 6.45) is 0.392. The molecule has 1 aliphatic heterocycles. The maximum Gasteiger partial charge on any atom is 0.259 e. The van der Waals surface area contributed by atoms with Crippen LogP contribution in [0.25, 0.3) is 44.1 Å². The molecule has 8 heteroatoms. The molecule has 0 unspecified atom stereocenters. The fourth-order valence-corrected chi connectivity index (χ4v) is 4.95. The quantitative estimate of drug-likeness (QED) is 0.246. The average molecular weight is 476 g/mol. The Morgan fingerprint density at radius 2 is 0.971 bits per heavy atom. The zero-order valence-corrected chi connectivity index (χ0v) is 18.1. The number of hydrogen-bond acceptors (Lipinski definition) is 2. The third-order valence-corrected chi connectivity index (χ3v) is 6.50. The van der Waals surface area contributed by atoms with E-state index in [1.807, 2.05) is 0 Å². The van der Waals surface area contributed by atoms with Gasteiger partial charge in [-0.3, -0.25) is 9.59 Å². The van der Waals surface area contributed by atoms with Gasteiger partial charge in [0.15, 0.2) is 0 Å². The van der Waals surface area contributed by atoms with Crippen molar-refractivity contribution in [2.45, 2.75) is 19.5 Å². The first kappa shape index (κ1) is 21.3. The van der Waals surface area contributed by atoms with Gasteiger partial charge in [0.05, 0.1) is 22.2 Å². The molecule has 3 heterocycles. The fraction of sp³-hybridized carbons (Fsp3) is 0.111. The van der Waals surface area contributed by atoms with Crippen molar-refractivity contribution < 1.29 is 17.6 Å². The van der Waals surface area contributed by atoms with E-state index in [2.05, 4.69) is 0 Å². The Kier molecular flexibility index (Phi) is 4.67. The van der Waals surface area contributed by atoms with Crippen molar-refractivity contribution in [1.29, 1.82) is 0 Å². The van der Waals surface area contributed by atoms with Crippen LogP contribution in [0.1, 0.15) is 6.42 Å². The van der Waals surface area contributed by atoms with Gasteiger partial charge in [0, 0.05) is 35.0 Å². The van der Waals surface area contributed by atoms with Crippen LogP contribution in [0.2, 0.25) is 0 Å². The Balaban J connectivity index is 1.71. The molecule has 4 nitrogen and oxygen atoms in total. The van der Waals surface area contributed by atoms with Crippen molar-refractivity contribution in [2.24, 2.45) is 0 Å². The summed E-state index contributed by atoms with van der Waals surface area (Å²) in [7, 11) is 0. The molecule has 2 aromatic heterocycles. The highest BCUT2D eigenvalue weighted by molar-refractivity contribution is 6.05. The van der Waals surface area contributed by atoms with Crippen molar-refractivity contribution >= 4 is 21.8 Å². The van der Waals surface area contributed by atoms with Gasteiger partial charge in [-0.05, 0) is 55.0 Å². The number of hydrogen-bond donors (Lipinski definition) is 0.